The third-order valence-electron chi connectivity index (χ3n) is 2.51. The van der Waals surface area contributed by atoms with Crippen LogP contribution >= 0.6 is 0 Å². The fourth-order valence-electron chi connectivity index (χ4n) is 1.57. The number of guanidine groups is 1. The normalized spacial score (nSPS) is 16.7. The number of hydrogen-bond acceptors (Lipinski definition) is 2. The van der Waals surface area contributed by atoms with E-state index in [1.54, 1.807) is 26.0 Å². The zero-order valence-corrected chi connectivity index (χ0v) is 9.79. The van der Waals surface area contributed by atoms with Gasteiger partial charge in [0.25, 0.3) is 0 Å². The standard InChI is InChI=1S/C10H20N4O/c1-11-10(14-6-4-5-7-14)12-8-9(15)13(2)3/h4-8H2,1-3H3,(H,11,12). The van der Waals surface area contributed by atoms with Gasteiger partial charge in [-0.05, 0) is 12.8 Å². The van der Waals surface area contributed by atoms with E-state index >= 15 is 0 Å². The summed E-state index contributed by atoms with van der Waals surface area (Å²) in [6.45, 7) is 2.39. The molecule has 5 nitrogen and oxygen atoms in total. The van der Waals surface area contributed by atoms with Crippen LogP contribution in [0.2, 0.25) is 0 Å². The Balaban J connectivity index is 2.38. The average Bonchev–Trinajstić information content (AvgIpc) is 2.71. The van der Waals surface area contributed by atoms with Crippen molar-refractivity contribution in [1.29, 1.82) is 0 Å². The number of rotatable bonds is 2. The molecule has 1 saturated heterocycles. The van der Waals surface area contributed by atoms with Crippen molar-refractivity contribution >= 4 is 11.9 Å². The molecule has 0 aromatic carbocycles. The number of amides is 1. The number of carbonyl (C=O) groups is 1. The van der Waals surface area contributed by atoms with Gasteiger partial charge in [-0.15, -0.1) is 0 Å². The molecule has 15 heavy (non-hydrogen) atoms. The molecule has 1 N–H and O–H groups in total. The first-order valence-corrected chi connectivity index (χ1v) is 5.31. The van der Waals surface area contributed by atoms with Crippen molar-refractivity contribution in [2.45, 2.75) is 12.8 Å². The first-order valence-electron chi connectivity index (χ1n) is 5.31. The second-order valence-corrected chi connectivity index (χ2v) is 3.88. The van der Waals surface area contributed by atoms with Gasteiger partial charge in [-0.3, -0.25) is 9.79 Å². The predicted molar refractivity (Wildman–Crippen MR) is 60.9 cm³/mol. The lowest BCUT2D eigenvalue weighted by Gasteiger charge is -2.21. The number of nitrogens with one attached hydrogen (secondary N) is 1. The number of carbonyl (C=O) groups excluding carboxylic acids is 1. The second kappa shape index (κ2) is 5.58. The lowest BCUT2D eigenvalue weighted by molar-refractivity contribution is -0.127. The highest BCUT2D eigenvalue weighted by Gasteiger charge is 2.16. The van der Waals surface area contributed by atoms with Gasteiger partial charge in [0, 0.05) is 34.2 Å². The Hall–Kier alpha value is -1.26. The van der Waals surface area contributed by atoms with E-state index in [9.17, 15) is 4.79 Å². The van der Waals surface area contributed by atoms with Crippen molar-refractivity contribution < 1.29 is 4.79 Å². The Morgan fingerprint density at radius 2 is 2.00 bits per heavy atom. The van der Waals surface area contributed by atoms with Gasteiger partial charge in [0.1, 0.15) is 0 Å². The second-order valence-electron chi connectivity index (χ2n) is 3.88. The van der Waals surface area contributed by atoms with E-state index in [2.05, 4.69) is 15.2 Å². The maximum atomic E-state index is 11.4. The summed E-state index contributed by atoms with van der Waals surface area (Å²) in [4.78, 5) is 19.3. The van der Waals surface area contributed by atoms with E-state index in [1.165, 1.54) is 12.8 Å². The molecule has 0 unspecified atom stereocenters. The van der Waals surface area contributed by atoms with Crippen LogP contribution in [-0.4, -0.2) is 62.4 Å². The van der Waals surface area contributed by atoms with E-state index in [1.807, 2.05) is 0 Å². The van der Waals surface area contributed by atoms with Crippen LogP contribution in [0, 0.1) is 0 Å². The molecule has 1 amide bonds. The molecule has 1 aliphatic rings. The molecule has 1 rings (SSSR count). The Morgan fingerprint density at radius 3 is 2.47 bits per heavy atom. The monoisotopic (exact) mass is 212 g/mol. The minimum absolute atomic E-state index is 0.0651. The quantitative estimate of drug-likeness (QED) is 0.507. The highest BCUT2D eigenvalue weighted by atomic mass is 16.2. The van der Waals surface area contributed by atoms with Crippen LogP contribution in [-0.2, 0) is 4.79 Å². The van der Waals surface area contributed by atoms with Gasteiger partial charge >= 0.3 is 0 Å². The van der Waals surface area contributed by atoms with Crippen LogP contribution in [0.4, 0.5) is 0 Å². The summed E-state index contributed by atoms with van der Waals surface area (Å²) in [6.07, 6.45) is 2.42. The summed E-state index contributed by atoms with van der Waals surface area (Å²) >= 11 is 0. The maximum Gasteiger partial charge on any atom is 0.241 e. The number of nitrogens with zero attached hydrogens (tertiary/aromatic N) is 3. The SMILES string of the molecule is CN=C(NCC(=O)N(C)C)N1CCCC1. The fraction of sp³-hybridized carbons (Fsp3) is 0.800. The molecule has 0 saturated carbocycles. The van der Waals surface area contributed by atoms with E-state index < -0.39 is 0 Å². The molecule has 1 heterocycles. The van der Waals surface area contributed by atoms with Crippen LogP contribution < -0.4 is 5.32 Å². The highest BCUT2D eigenvalue weighted by molar-refractivity contribution is 5.86. The largest absolute Gasteiger partial charge is 0.347 e. The molecule has 0 bridgehead atoms. The van der Waals surface area contributed by atoms with Crippen molar-refractivity contribution in [3.63, 3.8) is 0 Å². The summed E-state index contributed by atoms with van der Waals surface area (Å²) in [6, 6.07) is 0. The molecule has 1 aliphatic heterocycles. The van der Waals surface area contributed by atoms with Crippen LogP contribution in [0.1, 0.15) is 12.8 Å². The maximum absolute atomic E-state index is 11.4. The highest BCUT2D eigenvalue weighted by Crippen LogP contribution is 2.06. The molecule has 0 atom stereocenters. The summed E-state index contributed by atoms with van der Waals surface area (Å²) in [5.41, 5.74) is 0. The molecule has 0 aromatic heterocycles. The molecule has 0 aromatic rings. The molecular formula is C10H20N4O. The molecule has 0 radical (unpaired) electrons. The van der Waals surface area contributed by atoms with Crippen LogP contribution in [0.3, 0.4) is 0 Å². The number of likely N-dealkylation sites (tertiary alicyclic amines) is 1. The molecule has 0 spiro atoms. The van der Waals surface area contributed by atoms with Crippen molar-refractivity contribution in [2.75, 3.05) is 40.8 Å². The van der Waals surface area contributed by atoms with Gasteiger partial charge in [0.2, 0.25) is 5.91 Å². The third kappa shape index (κ3) is 3.42. The van der Waals surface area contributed by atoms with Crippen molar-refractivity contribution in [1.82, 2.24) is 15.1 Å². The average molecular weight is 212 g/mol. The zero-order valence-electron chi connectivity index (χ0n) is 9.79. The minimum Gasteiger partial charge on any atom is -0.347 e. The van der Waals surface area contributed by atoms with Crippen molar-refractivity contribution in [3.8, 4) is 0 Å². The number of aliphatic imine (C=N–C) groups is 1. The Labute approximate surface area is 91.1 Å². The fourth-order valence-corrected chi connectivity index (χ4v) is 1.57. The van der Waals surface area contributed by atoms with Gasteiger partial charge < -0.3 is 15.1 Å². The van der Waals surface area contributed by atoms with Gasteiger partial charge in [0.05, 0.1) is 6.54 Å². The zero-order chi connectivity index (χ0) is 11.3. The summed E-state index contributed by atoms with van der Waals surface area (Å²) < 4.78 is 0. The van der Waals surface area contributed by atoms with Crippen LogP contribution in [0.5, 0.6) is 0 Å². The molecule has 0 aliphatic carbocycles. The molecule has 86 valence electrons. The summed E-state index contributed by atoms with van der Waals surface area (Å²) in [5, 5.41) is 3.08. The predicted octanol–water partition coefficient (Wildman–Crippen LogP) is -0.254. The lowest BCUT2D eigenvalue weighted by atomic mass is 10.4. The van der Waals surface area contributed by atoms with E-state index in [4.69, 9.17) is 0 Å². The van der Waals surface area contributed by atoms with E-state index in [0.29, 0.717) is 6.54 Å². The van der Waals surface area contributed by atoms with Crippen molar-refractivity contribution in [2.24, 2.45) is 4.99 Å². The number of likely N-dealkylation sites (N-methyl/N-ethyl adjacent to an activating group) is 1. The van der Waals surface area contributed by atoms with Gasteiger partial charge in [-0.2, -0.15) is 0 Å². The number of hydrogen-bond donors (Lipinski definition) is 1. The molecule has 1 fully saturated rings. The minimum atomic E-state index is 0.0651. The molecule has 5 heteroatoms. The Kier molecular flexibility index (Phi) is 4.39. The van der Waals surface area contributed by atoms with E-state index in [-0.39, 0.29) is 5.91 Å². The molecular weight excluding hydrogens is 192 g/mol. The van der Waals surface area contributed by atoms with Gasteiger partial charge in [0.15, 0.2) is 5.96 Å². The third-order valence-corrected chi connectivity index (χ3v) is 2.51. The summed E-state index contributed by atoms with van der Waals surface area (Å²) in [5.74, 6) is 0.901. The van der Waals surface area contributed by atoms with Crippen molar-refractivity contribution in [3.05, 3.63) is 0 Å². The van der Waals surface area contributed by atoms with Gasteiger partial charge in [-0.1, -0.05) is 0 Å². The van der Waals surface area contributed by atoms with Crippen LogP contribution in [0.15, 0.2) is 4.99 Å². The topological polar surface area (TPSA) is 47.9 Å². The Morgan fingerprint density at radius 1 is 1.40 bits per heavy atom. The van der Waals surface area contributed by atoms with E-state index in [0.717, 1.165) is 19.0 Å². The lowest BCUT2D eigenvalue weighted by Crippen LogP contribution is -2.44. The first kappa shape index (κ1) is 11.8. The smallest absolute Gasteiger partial charge is 0.241 e. The van der Waals surface area contributed by atoms with Crippen LogP contribution in [0.25, 0.3) is 0 Å². The summed E-state index contributed by atoms with van der Waals surface area (Å²) in [7, 11) is 5.26. The van der Waals surface area contributed by atoms with Gasteiger partial charge in [-0.25, -0.2) is 0 Å². The Bertz CT molecular complexity index is 244. The first-order chi connectivity index (χ1) is 7.15.